The maximum atomic E-state index is 14.1. The van der Waals surface area contributed by atoms with E-state index in [-0.39, 0.29) is 25.1 Å². The van der Waals surface area contributed by atoms with E-state index in [1.807, 2.05) is 51.1 Å². The first kappa shape index (κ1) is 17.5. The molecule has 0 aliphatic carbocycles. The number of aromatic amines is 1. The molecule has 2 aromatic rings. The summed E-state index contributed by atoms with van der Waals surface area (Å²) >= 11 is 0. The molecule has 0 saturated carbocycles. The summed E-state index contributed by atoms with van der Waals surface area (Å²) in [5.41, 5.74) is 3.83. The fraction of sp³-hybridized carbons (Fsp3) is 0.474. The van der Waals surface area contributed by atoms with Gasteiger partial charge in [-0.05, 0) is 19.4 Å². The van der Waals surface area contributed by atoms with E-state index in [1.54, 1.807) is 0 Å². The van der Waals surface area contributed by atoms with Crippen molar-refractivity contribution >= 4 is 6.09 Å². The molecule has 6 heteroatoms. The number of nitrogens with zero attached hydrogens (tertiary/aromatic N) is 2. The van der Waals surface area contributed by atoms with Crippen LogP contribution in [0.25, 0.3) is 0 Å². The van der Waals surface area contributed by atoms with Gasteiger partial charge in [0.1, 0.15) is 12.8 Å². The molecule has 1 aromatic heterocycles. The van der Waals surface area contributed by atoms with Crippen molar-refractivity contribution in [2.75, 3.05) is 6.54 Å². The number of benzene rings is 1. The van der Waals surface area contributed by atoms with Crippen molar-refractivity contribution in [1.82, 2.24) is 15.1 Å². The van der Waals surface area contributed by atoms with E-state index in [2.05, 4.69) is 10.2 Å². The van der Waals surface area contributed by atoms with Crippen molar-refractivity contribution < 1.29 is 13.9 Å². The first-order valence-corrected chi connectivity index (χ1v) is 8.60. The monoisotopic (exact) mass is 345 g/mol. The summed E-state index contributed by atoms with van der Waals surface area (Å²) in [4.78, 5) is 14.1. The number of nitrogens with one attached hydrogen (secondary N) is 1. The minimum Gasteiger partial charge on any atom is -0.445 e. The van der Waals surface area contributed by atoms with Crippen LogP contribution in [0.1, 0.15) is 41.8 Å². The number of hydrogen-bond acceptors (Lipinski definition) is 3. The van der Waals surface area contributed by atoms with E-state index in [4.69, 9.17) is 4.74 Å². The van der Waals surface area contributed by atoms with Crippen molar-refractivity contribution in [2.45, 2.75) is 51.9 Å². The third kappa shape index (κ3) is 3.67. The number of amides is 1. The Morgan fingerprint density at radius 1 is 1.40 bits per heavy atom. The van der Waals surface area contributed by atoms with Crippen molar-refractivity contribution in [1.29, 1.82) is 0 Å². The standard InChI is InChI=1S/C19H24FN3O2/c1-12(18-13(2)21-22-14(18)3)17-9-16(20)10-23(17)19(24)25-11-15-7-5-4-6-8-15/h4-8,12,16-17H,9-11H2,1-3H3,(H,21,22)/t12?,16-,17+/m1/s1. The van der Waals surface area contributed by atoms with Crippen LogP contribution in [0.15, 0.2) is 30.3 Å². The molecule has 1 amide bonds. The minimum atomic E-state index is -1.02. The van der Waals surface area contributed by atoms with Crippen LogP contribution in [0.2, 0.25) is 0 Å². The van der Waals surface area contributed by atoms with Crippen LogP contribution < -0.4 is 0 Å². The van der Waals surface area contributed by atoms with Gasteiger partial charge >= 0.3 is 6.09 Å². The van der Waals surface area contributed by atoms with Crippen LogP contribution in [-0.2, 0) is 11.3 Å². The predicted octanol–water partition coefficient (Wildman–Crippen LogP) is 3.88. The number of ether oxygens (including phenoxy) is 1. The quantitative estimate of drug-likeness (QED) is 0.915. The zero-order chi connectivity index (χ0) is 18.0. The van der Waals surface area contributed by atoms with E-state index >= 15 is 0 Å². The lowest BCUT2D eigenvalue weighted by atomic mass is 9.90. The second-order valence-electron chi connectivity index (χ2n) is 6.73. The maximum absolute atomic E-state index is 14.1. The third-order valence-corrected chi connectivity index (χ3v) is 4.95. The molecule has 1 N–H and O–H groups in total. The average molecular weight is 345 g/mol. The highest BCUT2D eigenvalue weighted by Gasteiger charge is 2.40. The lowest BCUT2D eigenvalue weighted by Gasteiger charge is -2.29. The van der Waals surface area contributed by atoms with Crippen molar-refractivity contribution in [3.8, 4) is 0 Å². The third-order valence-electron chi connectivity index (χ3n) is 4.95. The topological polar surface area (TPSA) is 58.2 Å². The molecule has 1 aromatic carbocycles. The maximum Gasteiger partial charge on any atom is 0.410 e. The summed E-state index contributed by atoms with van der Waals surface area (Å²) in [6.07, 6.45) is -1.16. The highest BCUT2D eigenvalue weighted by Crippen LogP contribution is 2.35. The van der Waals surface area contributed by atoms with Crippen molar-refractivity contribution in [2.24, 2.45) is 0 Å². The zero-order valence-corrected chi connectivity index (χ0v) is 14.8. The molecular weight excluding hydrogens is 321 g/mol. The van der Waals surface area contributed by atoms with Gasteiger partial charge in [-0.2, -0.15) is 5.10 Å². The lowest BCUT2D eigenvalue weighted by molar-refractivity contribution is 0.0873. The Hall–Kier alpha value is -2.37. The Morgan fingerprint density at radius 2 is 2.12 bits per heavy atom. The molecular formula is C19H24FN3O2. The van der Waals surface area contributed by atoms with Crippen LogP contribution >= 0.6 is 0 Å². The van der Waals surface area contributed by atoms with Crippen LogP contribution in [0.5, 0.6) is 0 Å². The number of H-pyrrole nitrogens is 1. The molecule has 1 aliphatic rings. The van der Waals surface area contributed by atoms with E-state index < -0.39 is 12.3 Å². The molecule has 0 spiro atoms. The zero-order valence-electron chi connectivity index (χ0n) is 14.8. The Labute approximate surface area is 147 Å². The summed E-state index contributed by atoms with van der Waals surface area (Å²) in [6, 6.07) is 9.26. The second-order valence-corrected chi connectivity index (χ2v) is 6.73. The van der Waals surface area contributed by atoms with Gasteiger partial charge in [-0.15, -0.1) is 0 Å². The number of hydrogen-bond donors (Lipinski definition) is 1. The molecule has 3 rings (SSSR count). The van der Waals surface area contributed by atoms with Gasteiger partial charge in [-0.25, -0.2) is 9.18 Å². The van der Waals surface area contributed by atoms with Gasteiger partial charge in [0.2, 0.25) is 0 Å². The summed E-state index contributed by atoms with van der Waals surface area (Å²) in [6.45, 7) is 6.17. The number of carbonyl (C=O) groups is 1. The number of carbonyl (C=O) groups excluding carboxylic acids is 1. The van der Waals surface area contributed by atoms with Crippen molar-refractivity contribution in [3.05, 3.63) is 52.8 Å². The summed E-state index contributed by atoms with van der Waals surface area (Å²) < 4.78 is 19.5. The van der Waals surface area contributed by atoms with Crippen LogP contribution in [0.4, 0.5) is 9.18 Å². The van der Waals surface area contributed by atoms with E-state index in [9.17, 15) is 9.18 Å². The van der Waals surface area contributed by atoms with Crippen LogP contribution in [0.3, 0.4) is 0 Å². The Balaban J connectivity index is 1.71. The Morgan fingerprint density at radius 3 is 2.76 bits per heavy atom. The van der Waals surface area contributed by atoms with E-state index in [0.29, 0.717) is 6.42 Å². The summed E-state index contributed by atoms with van der Waals surface area (Å²) in [5, 5.41) is 7.18. The number of aromatic nitrogens is 2. The predicted molar refractivity (Wildman–Crippen MR) is 93.1 cm³/mol. The highest BCUT2D eigenvalue weighted by atomic mass is 19.1. The number of aryl methyl sites for hydroxylation is 2. The van der Waals surface area contributed by atoms with Gasteiger partial charge in [-0.1, -0.05) is 37.3 Å². The average Bonchev–Trinajstić information content (AvgIpc) is 3.15. The van der Waals surface area contributed by atoms with Crippen LogP contribution in [0, 0.1) is 13.8 Å². The number of alkyl halides is 1. The minimum absolute atomic E-state index is 0.0104. The van der Waals surface area contributed by atoms with E-state index in [0.717, 1.165) is 22.5 Å². The SMILES string of the molecule is Cc1n[nH]c(C)c1C(C)[C@@H]1C[C@@H](F)CN1C(=O)OCc1ccccc1. The molecule has 1 saturated heterocycles. The number of halogens is 1. The van der Waals surface area contributed by atoms with Crippen LogP contribution in [-0.4, -0.2) is 39.9 Å². The molecule has 3 atom stereocenters. The molecule has 0 bridgehead atoms. The Bertz CT molecular complexity index is 712. The lowest BCUT2D eigenvalue weighted by Crippen LogP contribution is -2.39. The molecule has 1 unspecified atom stereocenters. The molecule has 25 heavy (non-hydrogen) atoms. The van der Waals surface area contributed by atoms with Crippen molar-refractivity contribution in [3.63, 3.8) is 0 Å². The van der Waals surface area contributed by atoms with Gasteiger partial charge in [0, 0.05) is 29.6 Å². The first-order chi connectivity index (χ1) is 12.0. The summed E-state index contributed by atoms with van der Waals surface area (Å²) in [5.74, 6) is -0.0104. The highest BCUT2D eigenvalue weighted by molar-refractivity contribution is 5.69. The second kappa shape index (κ2) is 7.25. The molecule has 0 radical (unpaired) electrons. The largest absolute Gasteiger partial charge is 0.445 e. The molecule has 2 heterocycles. The first-order valence-electron chi connectivity index (χ1n) is 8.60. The molecule has 1 aliphatic heterocycles. The van der Waals surface area contributed by atoms with Gasteiger partial charge < -0.3 is 9.64 Å². The summed E-state index contributed by atoms with van der Waals surface area (Å²) in [7, 11) is 0. The van der Waals surface area contributed by atoms with E-state index in [1.165, 1.54) is 4.90 Å². The fourth-order valence-electron chi connectivity index (χ4n) is 3.72. The van der Waals surface area contributed by atoms with Gasteiger partial charge in [0.15, 0.2) is 0 Å². The molecule has 134 valence electrons. The molecule has 1 fully saturated rings. The number of rotatable bonds is 4. The smallest absolute Gasteiger partial charge is 0.410 e. The fourth-order valence-corrected chi connectivity index (χ4v) is 3.72. The number of likely N-dealkylation sites (tertiary alicyclic amines) is 1. The normalized spacial score (nSPS) is 21.4. The van der Waals surface area contributed by atoms with Gasteiger partial charge in [0.25, 0.3) is 0 Å². The molecule has 5 nitrogen and oxygen atoms in total. The Kier molecular flexibility index (Phi) is 5.06. The van der Waals surface area contributed by atoms with Gasteiger partial charge in [-0.3, -0.25) is 5.10 Å². The van der Waals surface area contributed by atoms with Gasteiger partial charge in [0.05, 0.1) is 12.2 Å².